The molecule has 0 saturated carbocycles. The van der Waals surface area contributed by atoms with Gasteiger partial charge in [0, 0.05) is 25.7 Å². The van der Waals surface area contributed by atoms with E-state index in [4.69, 9.17) is 10.5 Å². The smallest absolute Gasteiger partial charge is 0.228 e. The van der Waals surface area contributed by atoms with Gasteiger partial charge in [-0.25, -0.2) is 0 Å². The summed E-state index contributed by atoms with van der Waals surface area (Å²) in [5.74, 6) is 0.385. The van der Waals surface area contributed by atoms with Crippen molar-refractivity contribution in [3.8, 4) is 0 Å². The fourth-order valence-corrected chi connectivity index (χ4v) is 2.69. The van der Waals surface area contributed by atoms with Crippen LogP contribution < -0.4 is 5.73 Å². The lowest BCUT2D eigenvalue weighted by atomic mass is 9.96. The number of piperidine rings is 1. The van der Waals surface area contributed by atoms with E-state index >= 15 is 0 Å². The van der Waals surface area contributed by atoms with Crippen LogP contribution in [0, 0.1) is 5.92 Å². The van der Waals surface area contributed by atoms with E-state index in [1.54, 1.807) is 0 Å². The molecule has 0 aromatic carbocycles. The first kappa shape index (κ1) is 11.9. The predicted octanol–water partition coefficient (Wildman–Crippen LogP) is 0.751. The molecule has 2 atom stereocenters. The zero-order valence-corrected chi connectivity index (χ0v) is 10.0. The maximum absolute atomic E-state index is 12.3. The van der Waals surface area contributed by atoms with Crippen LogP contribution in [0.15, 0.2) is 0 Å². The van der Waals surface area contributed by atoms with Gasteiger partial charge in [-0.05, 0) is 25.7 Å². The molecule has 0 aliphatic carbocycles. The van der Waals surface area contributed by atoms with Gasteiger partial charge in [-0.3, -0.25) is 4.79 Å². The summed E-state index contributed by atoms with van der Waals surface area (Å²) in [5, 5.41) is 0. The molecule has 2 rings (SSSR count). The van der Waals surface area contributed by atoms with Crippen molar-refractivity contribution in [1.82, 2.24) is 4.90 Å². The summed E-state index contributed by atoms with van der Waals surface area (Å²) in [7, 11) is 0. The second kappa shape index (κ2) is 5.15. The molecular formula is C12H22N2O2. The van der Waals surface area contributed by atoms with Crippen molar-refractivity contribution in [2.75, 3.05) is 19.7 Å². The molecule has 0 bridgehead atoms. The first-order chi connectivity index (χ1) is 7.72. The highest BCUT2D eigenvalue weighted by Gasteiger charge is 2.36. The zero-order chi connectivity index (χ0) is 11.5. The normalized spacial score (nSPS) is 32.0. The molecule has 2 unspecified atom stereocenters. The maximum atomic E-state index is 12.3. The Balaban J connectivity index is 1.91. The van der Waals surface area contributed by atoms with Crippen molar-refractivity contribution >= 4 is 5.91 Å². The van der Waals surface area contributed by atoms with Gasteiger partial charge >= 0.3 is 0 Å². The number of likely N-dealkylation sites (tertiary alicyclic amines) is 1. The third-order valence-electron chi connectivity index (χ3n) is 3.78. The fraction of sp³-hybridized carbons (Fsp3) is 0.917. The van der Waals surface area contributed by atoms with Gasteiger partial charge in [-0.2, -0.15) is 0 Å². The molecule has 2 aliphatic heterocycles. The van der Waals surface area contributed by atoms with Gasteiger partial charge in [-0.1, -0.05) is 6.92 Å². The van der Waals surface area contributed by atoms with E-state index in [1.165, 1.54) is 0 Å². The van der Waals surface area contributed by atoms with Gasteiger partial charge in [0.2, 0.25) is 5.91 Å². The molecule has 2 N–H and O–H groups in total. The number of hydrogen-bond acceptors (Lipinski definition) is 3. The van der Waals surface area contributed by atoms with Gasteiger partial charge in [0.25, 0.3) is 0 Å². The Morgan fingerprint density at radius 3 is 2.69 bits per heavy atom. The van der Waals surface area contributed by atoms with Gasteiger partial charge in [0.15, 0.2) is 0 Å². The number of nitrogens with zero attached hydrogens (tertiary/aromatic N) is 1. The average Bonchev–Trinajstić information content (AvgIpc) is 2.77. The molecule has 0 aromatic rings. The summed E-state index contributed by atoms with van der Waals surface area (Å²) in [6, 6.07) is 0.283. The highest BCUT2D eigenvalue weighted by Crippen LogP contribution is 2.26. The van der Waals surface area contributed by atoms with Crippen LogP contribution in [0.3, 0.4) is 0 Å². The average molecular weight is 226 g/mol. The molecule has 1 amide bonds. The second-order valence-corrected chi connectivity index (χ2v) is 4.88. The Morgan fingerprint density at radius 1 is 1.38 bits per heavy atom. The predicted molar refractivity (Wildman–Crippen MR) is 61.9 cm³/mol. The Bertz CT molecular complexity index is 249. The molecule has 0 spiro atoms. The first-order valence-corrected chi connectivity index (χ1v) is 6.38. The molecule has 2 saturated heterocycles. The minimum Gasteiger partial charge on any atom is -0.377 e. The van der Waals surface area contributed by atoms with Gasteiger partial charge in [-0.15, -0.1) is 0 Å². The molecule has 0 aromatic heterocycles. The number of nitrogens with two attached hydrogens (primary N) is 1. The molecular weight excluding hydrogens is 204 g/mol. The molecule has 4 heteroatoms. The third-order valence-corrected chi connectivity index (χ3v) is 3.78. The summed E-state index contributed by atoms with van der Waals surface area (Å²) in [4.78, 5) is 14.3. The molecule has 2 heterocycles. The first-order valence-electron chi connectivity index (χ1n) is 6.38. The topological polar surface area (TPSA) is 55.6 Å². The SMILES string of the molecule is CCC1OCCC1C(=O)N1CCC(N)CC1. The van der Waals surface area contributed by atoms with Crippen LogP contribution in [0.2, 0.25) is 0 Å². The van der Waals surface area contributed by atoms with Crippen LogP contribution in [0.25, 0.3) is 0 Å². The molecule has 16 heavy (non-hydrogen) atoms. The number of amides is 1. The summed E-state index contributed by atoms with van der Waals surface area (Å²) in [5.41, 5.74) is 5.84. The van der Waals surface area contributed by atoms with E-state index in [2.05, 4.69) is 6.92 Å². The lowest BCUT2D eigenvalue weighted by Crippen LogP contribution is -2.46. The third kappa shape index (κ3) is 2.38. The monoisotopic (exact) mass is 226 g/mol. The van der Waals surface area contributed by atoms with Crippen molar-refractivity contribution in [3.63, 3.8) is 0 Å². The van der Waals surface area contributed by atoms with Crippen molar-refractivity contribution in [3.05, 3.63) is 0 Å². The Morgan fingerprint density at radius 2 is 2.06 bits per heavy atom. The van der Waals surface area contributed by atoms with Gasteiger partial charge < -0.3 is 15.4 Å². The largest absolute Gasteiger partial charge is 0.377 e. The minimum atomic E-state index is 0.0966. The van der Waals surface area contributed by atoms with Crippen molar-refractivity contribution < 1.29 is 9.53 Å². The minimum absolute atomic E-state index is 0.0966. The zero-order valence-electron chi connectivity index (χ0n) is 10.0. The van der Waals surface area contributed by atoms with Crippen molar-refractivity contribution in [2.24, 2.45) is 11.7 Å². The van der Waals surface area contributed by atoms with Crippen LogP contribution >= 0.6 is 0 Å². The van der Waals surface area contributed by atoms with Crippen LogP contribution in [-0.2, 0) is 9.53 Å². The summed E-state index contributed by atoms with van der Waals surface area (Å²) >= 11 is 0. The number of ether oxygens (including phenoxy) is 1. The van der Waals surface area contributed by atoms with E-state index in [-0.39, 0.29) is 24.0 Å². The van der Waals surface area contributed by atoms with Crippen LogP contribution in [0.5, 0.6) is 0 Å². The Hall–Kier alpha value is -0.610. The van der Waals surface area contributed by atoms with Crippen LogP contribution in [0.4, 0.5) is 0 Å². The molecule has 2 fully saturated rings. The van der Waals surface area contributed by atoms with Crippen molar-refractivity contribution in [1.29, 1.82) is 0 Å². The van der Waals surface area contributed by atoms with Gasteiger partial charge in [0.1, 0.15) is 0 Å². The number of rotatable bonds is 2. The quantitative estimate of drug-likeness (QED) is 0.756. The number of carbonyl (C=O) groups excluding carboxylic acids is 1. The second-order valence-electron chi connectivity index (χ2n) is 4.88. The Kier molecular flexibility index (Phi) is 3.82. The molecule has 4 nitrogen and oxygen atoms in total. The van der Waals surface area contributed by atoms with Crippen LogP contribution in [0.1, 0.15) is 32.6 Å². The summed E-state index contributed by atoms with van der Waals surface area (Å²) in [6.45, 7) is 4.48. The van der Waals surface area contributed by atoms with E-state index in [0.29, 0.717) is 0 Å². The fourth-order valence-electron chi connectivity index (χ4n) is 2.69. The standard InChI is InChI=1S/C12H22N2O2/c1-2-11-10(5-8-16-11)12(15)14-6-3-9(13)4-7-14/h9-11H,2-8,13H2,1H3. The van der Waals surface area contributed by atoms with E-state index < -0.39 is 0 Å². The molecule has 2 aliphatic rings. The van der Waals surface area contributed by atoms with Crippen LogP contribution in [-0.4, -0.2) is 42.6 Å². The molecule has 92 valence electrons. The van der Waals surface area contributed by atoms with E-state index in [9.17, 15) is 4.79 Å². The molecule has 0 radical (unpaired) electrons. The number of hydrogen-bond donors (Lipinski definition) is 1. The van der Waals surface area contributed by atoms with E-state index in [0.717, 1.165) is 45.4 Å². The summed E-state index contributed by atoms with van der Waals surface area (Å²) < 4.78 is 5.58. The highest BCUT2D eigenvalue weighted by molar-refractivity contribution is 5.79. The number of carbonyl (C=O) groups is 1. The van der Waals surface area contributed by atoms with E-state index in [1.807, 2.05) is 4.90 Å². The maximum Gasteiger partial charge on any atom is 0.228 e. The lowest BCUT2D eigenvalue weighted by molar-refractivity contribution is -0.138. The Labute approximate surface area is 97.1 Å². The summed E-state index contributed by atoms with van der Waals surface area (Å²) in [6.07, 6.45) is 3.85. The van der Waals surface area contributed by atoms with Gasteiger partial charge in [0.05, 0.1) is 12.0 Å². The lowest BCUT2D eigenvalue weighted by Gasteiger charge is -2.32. The van der Waals surface area contributed by atoms with Crippen molar-refractivity contribution in [2.45, 2.75) is 44.8 Å². The highest BCUT2D eigenvalue weighted by atomic mass is 16.5.